The predicted molar refractivity (Wildman–Crippen MR) is 68.7 cm³/mol. The molecule has 0 saturated heterocycles. The molecule has 0 bridgehead atoms. The van der Waals surface area contributed by atoms with Crippen molar-refractivity contribution in [2.75, 3.05) is 18.5 Å². The first kappa shape index (κ1) is 14.0. The van der Waals surface area contributed by atoms with Gasteiger partial charge in [0.15, 0.2) is 5.60 Å². The fraction of sp³-hybridized carbons (Fsp3) is 0.583. The summed E-state index contributed by atoms with van der Waals surface area (Å²) in [5, 5.41) is 2.98. The number of anilines is 1. The quantitative estimate of drug-likeness (QED) is 0.771. The molecule has 0 spiro atoms. The van der Waals surface area contributed by atoms with E-state index in [2.05, 4.69) is 26.2 Å². The lowest BCUT2D eigenvalue weighted by Crippen LogP contribution is -2.27. The van der Waals surface area contributed by atoms with Crippen molar-refractivity contribution in [3.05, 3.63) is 0 Å². The van der Waals surface area contributed by atoms with Crippen molar-refractivity contribution in [2.24, 2.45) is 0 Å². The van der Waals surface area contributed by atoms with Crippen molar-refractivity contribution < 1.29 is 9.47 Å². The minimum Gasteiger partial charge on any atom is -0.464 e. The van der Waals surface area contributed by atoms with Crippen LogP contribution in [0.5, 0.6) is 12.0 Å². The maximum atomic E-state index is 5.51. The van der Waals surface area contributed by atoms with Gasteiger partial charge in [0.25, 0.3) is 0 Å². The number of hydrogen-bond acceptors (Lipinski definition) is 6. The van der Waals surface area contributed by atoms with Gasteiger partial charge in [-0.15, -0.1) is 11.4 Å². The van der Waals surface area contributed by atoms with E-state index in [1.807, 2.05) is 13.8 Å². The molecule has 0 aromatic carbocycles. The number of rotatable bonds is 6. The first-order valence-electron chi connectivity index (χ1n) is 5.80. The standard InChI is InChI=1S/C12H18N4O2/c1-6-12(4,5)18-11-15-9(13-7-2)14-10(16-11)17-8-3/h1H,7-8H2,2-5H3,(H,13,14,15,16). The van der Waals surface area contributed by atoms with Gasteiger partial charge in [0.1, 0.15) is 0 Å². The van der Waals surface area contributed by atoms with Crippen molar-refractivity contribution >= 4 is 5.95 Å². The predicted octanol–water partition coefficient (Wildman–Crippen LogP) is 1.49. The maximum Gasteiger partial charge on any atom is 0.325 e. The van der Waals surface area contributed by atoms with E-state index >= 15 is 0 Å². The Hall–Kier alpha value is -2.03. The van der Waals surface area contributed by atoms with Crippen LogP contribution in [0.1, 0.15) is 27.7 Å². The Morgan fingerprint density at radius 3 is 2.44 bits per heavy atom. The Labute approximate surface area is 107 Å². The Morgan fingerprint density at radius 2 is 1.89 bits per heavy atom. The zero-order valence-electron chi connectivity index (χ0n) is 11.1. The molecule has 6 nitrogen and oxygen atoms in total. The molecule has 98 valence electrons. The van der Waals surface area contributed by atoms with Crippen LogP contribution in [0.2, 0.25) is 0 Å². The second kappa shape index (κ2) is 6.05. The normalized spacial score (nSPS) is 10.6. The van der Waals surface area contributed by atoms with Crippen LogP contribution in [-0.2, 0) is 0 Å². The van der Waals surface area contributed by atoms with E-state index in [-0.39, 0.29) is 12.0 Å². The van der Waals surface area contributed by atoms with Crippen LogP contribution in [0, 0.1) is 12.3 Å². The van der Waals surface area contributed by atoms with Gasteiger partial charge in [0.05, 0.1) is 6.61 Å². The van der Waals surface area contributed by atoms with Crippen LogP contribution >= 0.6 is 0 Å². The van der Waals surface area contributed by atoms with Gasteiger partial charge in [-0.25, -0.2) is 0 Å². The highest BCUT2D eigenvalue weighted by Crippen LogP contribution is 2.17. The molecule has 0 amide bonds. The van der Waals surface area contributed by atoms with E-state index in [1.165, 1.54) is 0 Å². The van der Waals surface area contributed by atoms with Crippen molar-refractivity contribution in [3.63, 3.8) is 0 Å². The Kier molecular flexibility index (Phi) is 4.72. The minimum absolute atomic E-state index is 0.146. The van der Waals surface area contributed by atoms with E-state index in [4.69, 9.17) is 15.9 Å². The van der Waals surface area contributed by atoms with Crippen LogP contribution < -0.4 is 14.8 Å². The summed E-state index contributed by atoms with van der Waals surface area (Å²) in [5.41, 5.74) is -0.783. The van der Waals surface area contributed by atoms with Crippen molar-refractivity contribution in [2.45, 2.75) is 33.3 Å². The van der Waals surface area contributed by atoms with Gasteiger partial charge in [0.2, 0.25) is 5.95 Å². The molecule has 0 aliphatic rings. The molecular formula is C12H18N4O2. The summed E-state index contributed by atoms with van der Waals surface area (Å²) in [4.78, 5) is 12.2. The van der Waals surface area contributed by atoms with Crippen LogP contribution in [0.4, 0.5) is 5.95 Å². The zero-order valence-corrected chi connectivity index (χ0v) is 11.1. The Morgan fingerprint density at radius 1 is 1.22 bits per heavy atom. The third-order valence-electron chi connectivity index (χ3n) is 1.90. The summed E-state index contributed by atoms with van der Waals surface area (Å²) in [6.07, 6.45) is 5.35. The molecule has 18 heavy (non-hydrogen) atoms. The number of nitrogens with zero attached hydrogens (tertiary/aromatic N) is 3. The average Bonchev–Trinajstić information content (AvgIpc) is 2.29. The lowest BCUT2D eigenvalue weighted by molar-refractivity contribution is 0.153. The van der Waals surface area contributed by atoms with Gasteiger partial charge >= 0.3 is 12.0 Å². The highest BCUT2D eigenvalue weighted by Gasteiger charge is 2.19. The van der Waals surface area contributed by atoms with E-state index in [0.29, 0.717) is 19.1 Å². The molecule has 0 atom stereocenters. The lowest BCUT2D eigenvalue weighted by Gasteiger charge is -2.18. The fourth-order valence-corrected chi connectivity index (χ4v) is 1.07. The zero-order chi connectivity index (χ0) is 13.6. The molecule has 0 unspecified atom stereocenters. The molecule has 0 aliphatic carbocycles. The maximum absolute atomic E-state index is 5.51. The van der Waals surface area contributed by atoms with Gasteiger partial charge in [-0.05, 0) is 27.7 Å². The van der Waals surface area contributed by atoms with E-state index in [9.17, 15) is 0 Å². The second-order valence-corrected chi connectivity index (χ2v) is 3.94. The molecular weight excluding hydrogens is 232 g/mol. The summed E-state index contributed by atoms with van der Waals surface area (Å²) in [6, 6.07) is 0.360. The molecule has 0 fully saturated rings. The van der Waals surface area contributed by atoms with Gasteiger partial charge in [-0.1, -0.05) is 5.92 Å². The topological polar surface area (TPSA) is 69.2 Å². The van der Waals surface area contributed by atoms with Crippen molar-refractivity contribution in [3.8, 4) is 24.4 Å². The summed E-state index contributed by atoms with van der Waals surface area (Å²) < 4.78 is 10.8. The SMILES string of the molecule is C#CC(C)(C)Oc1nc(NCC)nc(OCC)n1. The molecule has 1 aromatic heterocycles. The highest BCUT2D eigenvalue weighted by molar-refractivity contribution is 5.27. The average molecular weight is 250 g/mol. The summed E-state index contributed by atoms with van der Waals surface area (Å²) in [6.45, 7) is 8.45. The van der Waals surface area contributed by atoms with Crippen LogP contribution in [-0.4, -0.2) is 33.7 Å². The van der Waals surface area contributed by atoms with E-state index in [0.717, 1.165) is 0 Å². The third-order valence-corrected chi connectivity index (χ3v) is 1.90. The highest BCUT2D eigenvalue weighted by atomic mass is 16.5. The number of ether oxygens (including phenoxy) is 2. The number of nitrogens with one attached hydrogen (secondary N) is 1. The lowest BCUT2D eigenvalue weighted by atomic mass is 10.2. The first-order chi connectivity index (χ1) is 8.50. The fourth-order valence-electron chi connectivity index (χ4n) is 1.07. The van der Waals surface area contributed by atoms with E-state index < -0.39 is 5.60 Å². The molecule has 6 heteroatoms. The number of aromatic nitrogens is 3. The van der Waals surface area contributed by atoms with Gasteiger partial charge in [0, 0.05) is 6.54 Å². The molecule has 1 heterocycles. The van der Waals surface area contributed by atoms with Gasteiger partial charge in [-0.2, -0.15) is 9.97 Å². The van der Waals surface area contributed by atoms with Gasteiger partial charge in [-0.3, -0.25) is 0 Å². The third kappa shape index (κ3) is 4.09. The summed E-state index contributed by atoms with van der Waals surface area (Å²) in [7, 11) is 0. The molecule has 0 saturated carbocycles. The van der Waals surface area contributed by atoms with Crippen LogP contribution in [0.25, 0.3) is 0 Å². The van der Waals surface area contributed by atoms with Crippen molar-refractivity contribution in [1.29, 1.82) is 0 Å². The second-order valence-electron chi connectivity index (χ2n) is 3.94. The molecule has 0 radical (unpaired) electrons. The Balaban J connectivity index is 2.99. The largest absolute Gasteiger partial charge is 0.464 e. The summed E-state index contributed by atoms with van der Waals surface area (Å²) >= 11 is 0. The first-order valence-corrected chi connectivity index (χ1v) is 5.80. The van der Waals surface area contributed by atoms with Crippen molar-refractivity contribution in [1.82, 2.24) is 15.0 Å². The molecule has 1 N–H and O–H groups in total. The Bertz CT molecular complexity index is 416. The van der Waals surface area contributed by atoms with Crippen LogP contribution in [0.15, 0.2) is 0 Å². The molecule has 1 rings (SSSR count). The number of terminal acetylenes is 1. The molecule has 1 aromatic rings. The smallest absolute Gasteiger partial charge is 0.325 e. The number of hydrogen-bond donors (Lipinski definition) is 1. The van der Waals surface area contributed by atoms with Gasteiger partial charge < -0.3 is 14.8 Å². The van der Waals surface area contributed by atoms with Crippen LogP contribution in [0.3, 0.4) is 0 Å². The van der Waals surface area contributed by atoms with E-state index in [1.54, 1.807) is 13.8 Å². The minimum atomic E-state index is -0.783. The molecule has 0 aliphatic heterocycles. The monoisotopic (exact) mass is 250 g/mol. The summed E-state index contributed by atoms with van der Waals surface area (Å²) in [5.74, 6) is 2.91.